The molecular formula is C14H23NOS. The maximum Gasteiger partial charge on any atom is 0.0627 e. The van der Waals surface area contributed by atoms with Gasteiger partial charge in [0.25, 0.3) is 0 Å². The van der Waals surface area contributed by atoms with Gasteiger partial charge < -0.3 is 10.1 Å². The molecule has 0 aliphatic heterocycles. The Morgan fingerprint density at radius 3 is 2.53 bits per heavy atom. The van der Waals surface area contributed by atoms with Crippen LogP contribution >= 0.6 is 11.8 Å². The van der Waals surface area contributed by atoms with E-state index in [1.165, 1.54) is 10.5 Å². The van der Waals surface area contributed by atoms with Crippen LogP contribution in [-0.4, -0.2) is 31.6 Å². The van der Waals surface area contributed by atoms with E-state index in [-0.39, 0.29) is 0 Å². The number of thioether (sulfide) groups is 1. The van der Waals surface area contributed by atoms with Crippen molar-refractivity contribution < 1.29 is 4.74 Å². The molecule has 0 radical (unpaired) electrons. The Balaban J connectivity index is 2.37. The van der Waals surface area contributed by atoms with Crippen LogP contribution in [0.25, 0.3) is 0 Å². The number of ether oxygens (including phenoxy) is 1. The molecule has 1 unspecified atom stereocenters. The van der Waals surface area contributed by atoms with Crippen molar-refractivity contribution in [3.8, 4) is 0 Å². The van der Waals surface area contributed by atoms with Crippen molar-refractivity contribution in [2.75, 3.05) is 25.5 Å². The van der Waals surface area contributed by atoms with Crippen LogP contribution in [-0.2, 0) is 4.74 Å². The molecule has 0 saturated heterocycles. The number of aryl methyl sites for hydroxylation is 1. The Labute approximate surface area is 109 Å². The summed E-state index contributed by atoms with van der Waals surface area (Å²) < 4.78 is 5.48. The van der Waals surface area contributed by atoms with Crippen molar-refractivity contribution in [2.24, 2.45) is 0 Å². The van der Waals surface area contributed by atoms with Gasteiger partial charge in [0.1, 0.15) is 0 Å². The van der Waals surface area contributed by atoms with Gasteiger partial charge in [0.2, 0.25) is 0 Å². The third kappa shape index (κ3) is 6.10. The molecule has 3 heteroatoms. The van der Waals surface area contributed by atoms with Crippen molar-refractivity contribution in [1.29, 1.82) is 0 Å². The molecule has 0 aliphatic rings. The molecule has 0 spiro atoms. The Morgan fingerprint density at radius 2 is 1.94 bits per heavy atom. The number of rotatable bonds is 8. The SMILES string of the molecule is CCNC(COCC)CSc1ccc(C)cc1. The van der Waals surface area contributed by atoms with E-state index in [1.54, 1.807) is 0 Å². The predicted octanol–water partition coefficient (Wildman–Crippen LogP) is 3.10. The minimum absolute atomic E-state index is 0.436. The molecule has 0 aromatic heterocycles. The van der Waals surface area contributed by atoms with Crippen LogP contribution in [0.5, 0.6) is 0 Å². The number of benzene rings is 1. The predicted molar refractivity (Wildman–Crippen MR) is 75.9 cm³/mol. The largest absolute Gasteiger partial charge is 0.380 e. The summed E-state index contributed by atoms with van der Waals surface area (Å²) >= 11 is 1.89. The first-order valence-corrected chi connectivity index (χ1v) is 7.25. The fourth-order valence-corrected chi connectivity index (χ4v) is 2.48. The molecule has 0 bridgehead atoms. The Morgan fingerprint density at radius 1 is 1.24 bits per heavy atom. The highest BCUT2D eigenvalue weighted by Crippen LogP contribution is 2.19. The van der Waals surface area contributed by atoms with Gasteiger partial charge in [-0.3, -0.25) is 0 Å². The van der Waals surface area contributed by atoms with Crippen LogP contribution < -0.4 is 5.32 Å². The molecule has 0 saturated carbocycles. The van der Waals surface area contributed by atoms with E-state index < -0.39 is 0 Å². The molecule has 1 N–H and O–H groups in total. The van der Waals surface area contributed by atoms with Crippen molar-refractivity contribution in [3.63, 3.8) is 0 Å². The van der Waals surface area contributed by atoms with Gasteiger partial charge in [0.05, 0.1) is 6.61 Å². The molecule has 0 amide bonds. The molecule has 1 aromatic rings. The van der Waals surface area contributed by atoms with Crippen LogP contribution in [0.4, 0.5) is 0 Å². The lowest BCUT2D eigenvalue weighted by Crippen LogP contribution is -2.35. The Bertz CT molecular complexity index is 300. The highest BCUT2D eigenvalue weighted by atomic mass is 32.2. The van der Waals surface area contributed by atoms with Crippen molar-refractivity contribution >= 4 is 11.8 Å². The first kappa shape index (κ1) is 14.6. The molecule has 96 valence electrons. The van der Waals surface area contributed by atoms with E-state index in [9.17, 15) is 0 Å². The molecule has 17 heavy (non-hydrogen) atoms. The van der Waals surface area contributed by atoms with E-state index in [0.717, 1.165) is 25.5 Å². The van der Waals surface area contributed by atoms with E-state index in [1.807, 2.05) is 18.7 Å². The third-order valence-electron chi connectivity index (χ3n) is 2.49. The van der Waals surface area contributed by atoms with E-state index in [2.05, 4.69) is 43.4 Å². The molecule has 0 fully saturated rings. The van der Waals surface area contributed by atoms with Gasteiger partial charge in [-0.1, -0.05) is 24.6 Å². The Hall–Kier alpha value is -0.510. The van der Waals surface area contributed by atoms with Gasteiger partial charge in [0, 0.05) is 23.3 Å². The minimum atomic E-state index is 0.436. The van der Waals surface area contributed by atoms with Crippen LogP contribution in [0.3, 0.4) is 0 Å². The lowest BCUT2D eigenvalue weighted by molar-refractivity contribution is 0.129. The van der Waals surface area contributed by atoms with Gasteiger partial charge in [-0.25, -0.2) is 0 Å². The summed E-state index contributed by atoms with van der Waals surface area (Å²) in [5.74, 6) is 1.05. The lowest BCUT2D eigenvalue weighted by Gasteiger charge is -2.17. The summed E-state index contributed by atoms with van der Waals surface area (Å²) in [7, 11) is 0. The molecule has 2 nitrogen and oxygen atoms in total. The highest BCUT2D eigenvalue weighted by Gasteiger charge is 2.07. The highest BCUT2D eigenvalue weighted by molar-refractivity contribution is 7.99. The third-order valence-corrected chi connectivity index (χ3v) is 3.66. The molecule has 1 atom stereocenters. The number of likely N-dealkylation sites (N-methyl/N-ethyl adjacent to an activating group) is 1. The molecule has 1 aromatic carbocycles. The first-order valence-electron chi connectivity index (χ1n) is 6.26. The smallest absolute Gasteiger partial charge is 0.0627 e. The van der Waals surface area contributed by atoms with Gasteiger partial charge >= 0.3 is 0 Å². The van der Waals surface area contributed by atoms with Gasteiger partial charge in [-0.15, -0.1) is 11.8 Å². The average molecular weight is 253 g/mol. The zero-order valence-electron chi connectivity index (χ0n) is 11.0. The van der Waals surface area contributed by atoms with E-state index in [0.29, 0.717) is 6.04 Å². The zero-order valence-corrected chi connectivity index (χ0v) is 11.8. The average Bonchev–Trinajstić information content (AvgIpc) is 2.35. The summed E-state index contributed by atoms with van der Waals surface area (Å²) in [6, 6.07) is 9.12. The van der Waals surface area contributed by atoms with Crippen LogP contribution in [0.1, 0.15) is 19.4 Å². The second-order valence-corrected chi connectivity index (χ2v) is 5.13. The summed E-state index contributed by atoms with van der Waals surface area (Å²) in [6.07, 6.45) is 0. The van der Waals surface area contributed by atoms with E-state index >= 15 is 0 Å². The summed E-state index contributed by atoms with van der Waals surface area (Å²) in [6.45, 7) is 8.86. The second kappa shape index (κ2) is 8.56. The standard InChI is InChI=1S/C14H23NOS/c1-4-15-13(10-16-5-2)11-17-14-8-6-12(3)7-9-14/h6-9,13,15H,4-5,10-11H2,1-3H3. The topological polar surface area (TPSA) is 21.3 Å². The van der Waals surface area contributed by atoms with Crippen LogP contribution in [0.15, 0.2) is 29.2 Å². The molecule has 0 heterocycles. The first-order chi connectivity index (χ1) is 8.26. The summed E-state index contributed by atoms with van der Waals surface area (Å²) in [5.41, 5.74) is 1.31. The van der Waals surface area contributed by atoms with Gasteiger partial charge in [-0.2, -0.15) is 0 Å². The van der Waals surface area contributed by atoms with Gasteiger partial charge in [-0.05, 0) is 32.5 Å². The van der Waals surface area contributed by atoms with Crippen molar-refractivity contribution in [1.82, 2.24) is 5.32 Å². The molecule has 0 aliphatic carbocycles. The van der Waals surface area contributed by atoms with Crippen molar-refractivity contribution in [3.05, 3.63) is 29.8 Å². The normalized spacial score (nSPS) is 12.6. The zero-order chi connectivity index (χ0) is 12.5. The summed E-state index contributed by atoms with van der Waals surface area (Å²) in [4.78, 5) is 1.33. The summed E-state index contributed by atoms with van der Waals surface area (Å²) in [5, 5.41) is 3.45. The fourth-order valence-electron chi connectivity index (χ4n) is 1.55. The Kier molecular flexibility index (Phi) is 7.33. The van der Waals surface area contributed by atoms with Crippen molar-refractivity contribution in [2.45, 2.75) is 31.7 Å². The lowest BCUT2D eigenvalue weighted by atomic mass is 10.2. The molecular weight excluding hydrogens is 230 g/mol. The molecule has 1 rings (SSSR count). The number of hydrogen-bond acceptors (Lipinski definition) is 3. The number of hydrogen-bond donors (Lipinski definition) is 1. The monoisotopic (exact) mass is 253 g/mol. The number of nitrogens with one attached hydrogen (secondary N) is 1. The van der Waals surface area contributed by atoms with Crippen LogP contribution in [0, 0.1) is 6.92 Å². The van der Waals surface area contributed by atoms with Gasteiger partial charge in [0.15, 0.2) is 0 Å². The van der Waals surface area contributed by atoms with Crippen LogP contribution in [0.2, 0.25) is 0 Å². The quantitative estimate of drug-likeness (QED) is 0.719. The second-order valence-electron chi connectivity index (χ2n) is 4.04. The maximum absolute atomic E-state index is 5.48. The van der Waals surface area contributed by atoms with E-state index in [4.69, 9.17) is 4.74 Å². The minimum Gasteiger partial charge on any atom is -0.380 e. The fraction of sp³-hybridized carbons (Fsp3) is 0.571. The maximum atomic E-state index is 5.48.